The highest BCUT2D eigenvalue weighted by atomic mass is 19.4. The maximum Gasteiger partial charge on any atom is 0.451 e. The minimum atomic E-state index is -4.72. The Balaban J connectivity index is 2.19. The SMILES string of the molecule is Nc1nc(N(c2ccccc2)c2ccccc2)nc(C(F)(F)F)n1. The van der Waals surface area contributed by atoms with Gasteiger partial charge in [0.1, 0.15) is 0 Å². The Morgan fingerprint density at radius 1 is 0.750 bits per heavy atom. The van der Waals surface area contributed by atoms with E-state index in [4.69, 9.17) is 5.73 Å². The molecule has 1 heterocycles. The molecule has 3 aromatic rings. The van der Waals surface area contributed by atoms with Crippen LogP contribution in [-0.2, 0) is 6.18 Å². The van der Waals surface area contributed by atoms with E-state index >= 15 is 0 Å². The minimum Gasteiger partial charge on any atom is -0.368 e. The Morgan fingerprint density at radius 3 is 1.71 bits per heavy atom. The highest BCUT2D eigenvalue weighted by molar-refractivity contribution is 5.72. The van der Waals surface area contributed by atoms with Crippen LogP contribution in [0.3, 0.4) is 0 Å². The molecule has 0 aliphatic rings. The summed E-state index contributed by atoms with van der Waals surface area (Å²) in [4.78, 5) is 12.1. The summed E-state index contributed by atoms with van der Waals surface area (Å²) in [5.74, 6) is -2.03. The highest BCUT2D eigenvalue weighted by Gasteiger charge is 2.36. The lowest BCUT2D eigenvalue weighted by molar-refractivity contribution is -0.144. The van der Waals surface area contributed by atoms with Crippen molar-refractivity contribution in [3.05, 3.63) is 66.5 Å². The average Bonchev–Trinajstić information content (AvgIpc) is 2.56. The molecule has 0 radical (unpaired) electrons. The lowest BCUT2D eigenvalue weighted by Gasteiger charge is -2.23. The van der Waals surface area contributed by atoms with E-state index in [1.807, 2.05) is 0 Å². The maximum absolute atomic E-state index is 13.0. The number of aromatic nitrogens is 3. The van der Waals surface area contributed by atoms with Gasteiger partial charge in [-0.2, -0.15) is 28.1 Å². The summed E-state index contributed by atoms with van der Waals surface area (Å²) in [6, 6.07) is 17.6. The van der Waals surface area contributed by atoms with Gasteiger partial charge in [-0.15, -0.1) is 0 Å². The fourth-order valence-electron chi connectivity index (χ4n) is 2.14. The number of alkyl halides is 3. The number of hydrogen-bond donors (Lipinski definition) is 1. The van der Waals surface area contributed by atoms with E-state index < -0.39 is 17.9 Å². The zero-order valence-electron chi connectivity index (χ0n) is 12.3. The van der Waals surface area contributed by atoms with Crippen molar-refractivity contribution in [1.29, 1.82) is 0 Å². The lowest BCUT2D eigenvalue weighted by Crippen LogP contribution is -2.20. The van der Waals surface area contributed by atoms with Crippen LogP contribution in [0.2, 0.25) is 0 Å². The van der Waals surface area contributed by atoms with Crippen molar-refractivity contribution >= 4 is 23.3 Å². The summed E-state index contributed by atoms with van der Waals surface area (Å²) in [7, 11) is 0. The van der Waals surface area contributed by atoms with Gasteiger partial charge in [-0.3, -0.25) is 4.90 Å². The monoisotopic (exact) mass is 331 g/mol. The van der Waals surface area contributed by atoms with E-state index in [0.29, 0.717) is 11.4 Å². The van der Waals surface area contributed by atoms with E-state index in [0.717, 1.165) is 0 Å². The third-order valence-electron chi connectivity index (χ3n) is 3.12. The van der Waals surface area contributed by atoms with Gasteiger partial charge in [0.25, 0.3) is 0 Å². The van der Waals surface area contributed by atoms with Crippen LogP contribution in [-0.4, -0.2) is 15.0 Å². The predicted octanol–water partition coefficient (Wildman–Crippen LogP) is 3.94. The van der Waals surface area contributed by atoms with Gasteiger partial charge in [-0.1, -0.05) is 36.4 Å². The van der Waals surface area contributed by atoms with Crippen LogP contribution in [0.4, 0.5) is 36.4 Å². The molecule has 0 saturated heterocycles. The first-order valence-electron chi connectivity index (χ1n) is 6.94. The molecule has 0 unspecified atom stereocenters. The largest absolute Gasteiger partial charge is 0.451 e. The molecular weight excluding hydrogens is 319 g/mol. The molecule has 2 N–H and O–H groups in total. The van der Waals surface area contributed by atoms with Crippen LogP contribution >= 0.6 is 0 Å². The molecule has 122 valence electrons. The number of para-hydroxylation sites is 2. The van der Waals surface area contributed by atoms with E-state index in [2.05, 4.69) is 15.0 Å². The van der Waals surface area contributed by atoms with Crippen molar-refractivity contribution in [1.82, 2.24) is 15.0 Å². The topological polar surface area (TPSA) is 67.9 Å². The van der Waals surface area contributed by atoms with Gasteiger partial charge < -0.3 is 5.73 Å². The van der Waals surface area contributed by atoms with Crippen LogP contribution in [0.1, 0.15) is 5.82 Å². The number of nitrogens with zero attached hydrogens (tertiary/aromatic N) is 4. The summed E-state index contributed by atoms with van der Waals surface area (Å²) in [6.45, 7) is 0. The fraction of sp³-hybridized carbons (Fsp3) is 0.0625. The molecule has 3 rings (SSSR count). The smallest absolute Gasteiger partial charge is 0.368 e. The second-order valence-electron chi connectivity index (χ2n) is 4.82. The van der Waals surface area contributed by atoms with Gasteiger partial charge in [0.2, 0.25) is 17.7 Å². The highest BCUT2D eigenvalue weighted by Crippen LogP contribution is 2.34. The molecule has 5 nitrogen and oxygen atoms in total. The van der Waals surface area contributed by atoms with Crippen LogP contribution in [0.15, 0.2) is 60.7 Å². The zero-order valence-corrected chi connectivity index (χ0v) is 12.3. The van der Waals surface area contributed by atoms with E-state index in [1.54, 1.807) is 60.7 Å². The van der Waals surface area contributed by atoms with Gasteiger partial charge in [0.05, 0.1) is 0 Å². The van der Waals surface area contributed by atoms with Gasteiger partial charge in [-0.05, 0) is 24.3 Å². The Bertz CT molecular complexity index is 783. The third kappa shape index (κ3) is 3.27. The number of halogens is 3. The standard InChI is InChI=1S/C16H12F3N5/c17-16(18,19)13-21-14(20)23-15(22-13)24(11-7-3-1-4-8-11)12-9-5-2-6-10-12/h1-10H,(H2,20,21,22,23). The van der Waals surface area contributed by atoms with Gasteiger partial charge in [0, 0.05) is 11.4 Å². The lowest BCUT2D eigenvalue weighted by atomic mass is 10.2. The molecule has 8 heteroatoms. The molecule has 24 heavy (non-hydrogen) atoms. The van der Waals surface area contributed by atoms with Crippen molar-refractivity contribution in [3.8, 4) is 0 Å². The van der Waals surface area contributed by atoms with Crippen LogP contribution in [0.5, 0.6) is 0 Å². The summed E-state index contributed by atoms with van der Waals surface area (Å²) in [5, 5.41) is 0. The van der Waals surface area contributed by atoms with Crippen molar-refractivity contribution in [2.75, 3.05) is 10.6 Å². The third-order valence-corrected chi connectivity index (χ3v) is 3.12. The number of hydrogen-bond acceptors (Lipinski definition) is 5. The van der Waals surface area contributed by atoms with Crippen molar-refractivity contribution < 1.29 is 13.2 Å². The van der Waals surface area contributed by atoms with E-state index in [-0.39, 0.29) is 5.95 Å². The normalized spacial score (nSPS) is 11.3. The molecule has 0 spiro atoms. The van der Waals surface area contributed by atoms with E-state index in [9.17, 15) is 13.2 Å². The summed E-state index contributed by atoms with van der Waals surface area (Å²) < 4.78 is 39.0. The molecule has 1 aromatic heterocycles. The number of rotatable bonds is 3. The summed E-state index contributed by atoms with van der Waals surface area (Å²) in [6.07, 6.45) is -4.72. The minimum absolute atomic E-state index is 0.202. The van der Waals surface area contributed by atoms with Crippen LogP contribution in [0.25, 0.3) is 0 Å². The second kappa shape index (κ2) is 6.15. The quantitative estimate of drug-likeness (QED) is 0.787. The molecule has 0 fully saturated rings. The molecular formula is C16H12F3N5. The summed E-state index contributed by atoms with van der Waals surface area (Å²) in [5.41, 5.74) is 6.66. The molecule has 0 bridgehead atoms. The van der Waals surface area contributed by atoms with E-state index in [1.165, 1.54) is 4.90 Å². The summed E-state index contributed by atoms with van der Waals surface area (Å²) >= 11 is 0. The molecule has 0 amide bonds. The van der Waals surface area contributed by atoms with Crippen LogP contribution in [0, 0.1) is 0 Å². The predicted molar refractivity (Wildman–Crippen MR) is 83.9 cm³/mol. The molecule has 0 aliphatic carbocycles. The first-order valence-corrected chi connectivity index (χ1v) is 6.94. The van der Waals surface area contributed by atoms with Crippen molar-refractivity contribution in [3.63, 3.8) is 0 Å². The first-order chi connectivity index (χ1) is 11.4. The number of benzene rings is 2. The molecule has 2 aromatic carbocycles. The van der Waals surface area contributed by atoms with Gasteiger partial charge in [-0.25, -0.2) is 0 Å². The molecule has 0 saturated carbocycles. The second-order valence-corrected chi connectivity index (χ2v) is 4.82. The van der Waals surface area contributed by atoms with Gasteiger partial charge >= 0.3 is 6.18 Å². The first kappa shape index (κ1) is 15.7. The Labute approximate surface area is 135 Å². The molecule has 0 atom stereocenters. The van der Waals surface area contributed by atoms with Crippen molar-refractivity contribution in [2.45, 2.75) is 6.18 Å². The Morgan fingerprint density at radius 2 is 1.25 bits per heavy atom. The van der Waals surface area contributed by atoms with Crippen LogP contribution < -0.4 is 10.6 Å². The average molecular weight is 331 g/mol. The molecule has 0 aliphatic heterocycles. The maximum atomic E-state index is 13.0. The number of nitrogen functional groups attached to an aromatic ring is 1. The van der Waals surface area contributed by atoms with Gasteiger partial charge in [0.15, 0.2) is 0 Å². The number of nitrogens with two attached hydrogens (primary N) is 1. The Kier molecular flexibility index (Phi) is 4.03. The van der Waals surface area contributed by atoms with Crippen molar-refractivity contribution in [2.24, 2.45) is 0 Å². The Hall–Kier alpha value is -3.16. The fourth-order valence-corrected chi connectivity index (χ4v) is 2.14. The zero-order chi connectivity index (χ0) is 17.2. The number of anilines is 4.